The highest BCUT2D eigenvalue weighted by Crippen LogP contribution is 2.49. The molecule has 2 aliphatic heterocycles. The first kappa shape index (κ1) is 17.0. The Kier molecular flexibility index (Phi) is 3.56. The molecule has 4 heteroatoms. The number of carbonyl (C=O) groups is 1. The molecule has 0 aromatic heterocycles. The molecule has 0 spiro atoms. The molecule has 2 bridgehead atoms. The molecule has 2 fully saturated rings. The molecule has 4 nitrogen and oxygen atoms in total. The number of ether oxygens (including phenoxy) is 1. The number of piperidine rings is 1. The fourth-order valence-corrected chi connectivity index (χ4v) is 5.71. The number of likely N-dealkylation sites (N-methyl/N-ethyl adjacent to an activating group) is 1. The first-order valence-electron chi connectivity index (χ1n) is 9.90. The van der Waals surface area contributed by atoms with Gasteiger partial charge in [-0.2, -0.15) is 0 Å². The van der Waals surface area contributed by atoms with Gasteiger partial charge in [-0.25, -0.2) is 4.79 Å². The number of aliphatic hydroxyl groups is 1. The maximum absolute atomic E-state index is 13.4. The second kappa shape index (κ2) is 5.66. The molecular formula is C23H26NO3+. The number of hydrogen-bond donors (Lipinski definition) is 1. The number of fused-ring (bicyclic) bond motifs is 5. The van der Waals surface area contributed by atoms with Gasteiger partial charge in [0.1, 0.15) is 6.04 Å². The van der Waals surface area contributed by atoms with E-state index < -0.39 is 11.6 Å². The summed E-state index contributed by atoms with van der Waals surface area (Å²) >= 11 is 0. The predicted molar refractivity (Wildman–Crippen MR) is 103 cm³/mol. The molecule has 3 atom stereocenters. The lowest BCUT2D eigenvalue weighted by Crippen LogP contribution is -2.54. The summed E-state index contributed by atoms with van der Waals surface area (Å²) in [4.78, 5) is 13.4. The first-order valence-corrected chi connectivity index (χ1v) is 9.90. The van der Waals surface area contributed by atoms with Crippen molar-refractivity contribution in [3.8, 4) is 11.1 Å². The quantitative estimate of drug-likeness (QED) is 0.657. The van der Waals surface area contributed by atoms with Crippen LogP contribution in [0.1, 0.15) is 36.8 Å². The van der Waals surface area contributed by atoms with Crippen LogP contribution >= 0.6 is 0 Å². The second-order valence-corrected chi connectivity index (χ2v) is 8.76. The fraction of sp³-hybridized carbons (Fsp3) is 0.435. The Morgan fingerprint density at radius 1 is 1.04 bits per heavy atom. The van der Waals surface area contributed by atoms with Crippen LogP contribution in [0.2, 0.25) is 0 Å². The van der Waals surface area contributed by atoms with Gasteiger partial charge in [-0.05, 0) is 24.0 Å². The third-order valence-corrected chi connectivity index (χ3v) is 7.24. The van der Waals surface area contributed by atoms with E-state index in [1.807, 2.05) is 48.5 Å². The van der Waals surface area contributed by atoms with E-state index in [9.17, 15) is 9.90 Å². The number of esters is 1. The van der Waals surface area contributed by atoms with Crippen LogP contribution in [0.25, 0.3) is 11.1 Å². The van der Waals surface area contributed by atoms with Crippen molar-refractivity contribution in [2.45, 2.75) is 49.5 Å². The number of benzene rings is 2. The van der Waals surface area contributed by atoms with Crippen molar-refractivity contribution in [3.05, 3.63) is 59.7 Å². The highest BCUT2D eigenvalue weighted by Gasteiger charge is 2.56. The van der Waals surface area contributed by atoms with Gasteiger partial charge in [-0.1, -0.05) is 48.5 Å². The normalized spacial score (nSPS) is 29.1. The highest BCUT2D eigenvalue weighted by atomic mass is 16.6. The molecule has 140 valence electrons. The summed E-state index contributed by atoms with van der Waals surface area (Å²) in [5.74, 6) is -0.530. The number of rotatable bonds is 2. The van der Waals surface area contributed by atoms with Crippen LogP contribution in [-0.2, 0) is 15.1 Å². The average molecular weight is 364 g/mol. The predicted octanol–water partition coefficient (Wildman–Crippen LogP) is 3.22. The van der Waals surface area contributed by atoms with Crippen LogP contribution in [0.3, 0.4) is 0 Å². The van der Waals surface area contributed by atoms with Crippen molar-refractivity contribution in [1.29, 1.82) is 0 Å². The van der Waals surface area contributed by atoms with Crippen LogP contribution in [0, 0.1) is 0 Å². The largest absolute Gasteiger partial charge is 0.453 e. The van der Waals surface area contributed by atoms with Crippen molar-refractivity contribution in [3.63, 3.8) is 0 Å². The third-order valence-electron chi connectivity index (χ3n) is 7.24. The van der Waals surface area contributed by atoms with E-state index in [0.29, 0.717) is 23.2 Å². The number of hydrogen-bond acceptors (Lipinski definition) is 3. The minimum atomic E-state index is -1.72. The molecule has 0 amide bonds. The van der Waals surface area contributed by atoms with E-state index in [0.717, 1.165) is 28.5 Å². The van der Waals surface area contributed by atoms with Crippen LogP contribution in [0.4, 0.5) is 0 Å². The van der Waals surface area contributed by atoms with Crippen LogP contribution in [0.5, 0.6) is 0 Å². The molecule has 2 aromatic carbocycles. The summed E-state index contributed by atoms with van der Waals surface area (Å²) in [5.41, 5.74) is 1.36. The Labute approximate surface area is 160 Å². The molecule has 0 saturated carbocycles. The Hall–Kier alpha value is -2.17. The van der Waals surface area contributed by atoms with E-state index in [1.165, 1.54) is 12.8 Å². The first-order chi connectivity index (χ1) is 12.9. The molecule has 2 unspecified atom stereocenters. The van der Waals surface area contributed by atoms with E-state index in [4.69, 9.17) is 4.74 Å². The Morgan fingerprint density at radius 2 is 1.63 bits per heavy atom. The molecule has 2 aromatic rings. The van der Waals surface area contributed by atoms with E-state index in [1.54, 1.807) is 0 Å². The molecule has 2 heterocycles. The van der Waals surface area contributed by atoms with Gasteiger partial charge in [0, 0.05) is 24.0 Å². The Morgan fingerprint density at radius 3 is 2.22 bits per heavy atom. The Bertz CT molecular complexity index is 874. The van der Waals surface area contributed by atoms with Gasteiger partial charge < -0.3 is 14.3 Å². The van der Waals surface area contributed by atoms with Crippen LogP contribution < -0.4 is 0 Å². The molecule has 1 N–H and O–H groups in total. The molecule has 3 aliphatic rings. The highest BCUT2D eigenvalue weighted by molar-refractivity contribution is 5.96. The lowest BCUT2D eigenvalue weighted by atomic mass is 9.91. The number of carbonyl (C=O) groups excluding carboxylic acids is 1. The van der Waals surface area contributed by atoms with Crippen molar-refractivity contribution in [2.24, 2.45) is 0 Å². The van der Waals surface area contributed by atoms with Gasteiger partial charge in [-0.15, -0.1) is 0 Å². The van der Waals surface area contributed by atoms with Crippen molar-refractivity contribution < 1.29 is 19.1 Å². The maximum atomic E-state index is 13.4. The molecular weight excluding hydrogens is 338 g/mol. The second-order valence-electron chi connectivity index (χ2n) is 8.76. The monoisotopic (exact) mass is 364 g/mol. The van der Waals surface area contributed by atoms with E-state index >= 15 is 0 Å². The summed E-state index contributed by atoms with van der Waals surface area (Å²) in [6.45, 7) is 0. The molecule has 1 aliphatic carbocycles. The summed E-state index contributed by atoms with van der Waals surface area (Å²) in [6.07, 6.45) is 4.23. The van der Waals surface area contributed by atoms with Gasteiger partial charge in [-0.3, -0.25) is 0 Å². The van der Waals surface area contributed by atoms with Gasteiger partial charge >= 0.3 is 5.97 Å². The topological polar surface area (TPSA) is 46.5 Å². The summed E-state index contributed by atoms with van der Waals surface area (Å²) < 4.78 is 6.98. The molecule has 5 rings (SSSR count). The zero-order chi connectivity index (χ0) is 18.8. The van der Waals surface area contributed by atoms with E-state index in [-0.39, 0.29) is 6.10 Å². The number of quaternary nitrogens is 1. The van der Waals surface area contributed by atoms with Gasteiger partial charge in [0.25, 0.3) is 0 Å². The van der Waals surface area contributed by atoms with Gasteiger partial charge in [0.05, 0.1) is 20.1 Å². The lowest BCUT2D eigenvalue weighted by molar-refractivity contribution is -0.931. The summed E-state index contributed by atoms with van der Waals surface area (Å²) in [6, 6.07) is 16.1. The minimum absolute atomic E-state index is 0.121. The van der Waals surface area contributed by atoms with Crippen molar-refractivity contribution in [2.75, 3.05) is 14.1 Å². The lowest BCUT2D eigenvalue weighted by Gasteiger charge is -2.41. The van der Waals surface area contributed by atoms with Gasteiger partial charge in [0.15, 0.2) is 6.10 Å². The van der Waals surface area contributed by atoms with Crippen molar-refractivity contribution >= 4 is 5.97 Å². The molecule has 2 saturated heterocycles. The van der Waals surface area contributed by atoms with E-state index in [2.05, 4.69) is 14.1 Å². The maximum Gasteiger partial charge on any atom is 0.348 e. The van der Waals surface area contributed by atoms with Gasteiger partial charge in [0.2, 0.25) is 5.60 Å². The minimum Gasteiger partial charge on any atom is -0.453 e. The summed E-state index contributed by atoms with van der Waals surface area (Å²) in [5, 5.41) is 11.6. The zero-order valence-electron chi connectivity index (χ0n) is 15.9. The SMILES string of the molecule is C[N+]1(C)C2CCC[C@@H]1C(OC(=O)C1(O)c3ccccc3-c3ccccc31)C2. The summed E-state index contributed by atoms with van der Waals surface area (Å²) in [7, 11) is 4.49. The Balaban J connectivity index is 1.52. The molecule has 27 heavy (non-hydrogen) atoms. The fourth-order valence-electron chi connectivity index (χ4n) is 5.71. The van der Waals surface area contributed by atoms with Crippen LogP contribution in [-0.4, -0.2) is 47.8 Å². The average Bonchev–Trinajstić information content (AvgIpc) is 2.94. The molecule has 0 radical (unpaired) electrons. The third kappa shape index (κ3) is 2.20. The van der Waals surface area contributed by atoms with Crippen molar-refractivity contribution in [1.82, 2.24) is 0 Å². The van der Waals surface area contributed by atoms with Crippen LogP contribution in [0.15, 0.2) is 48.5 Å². The number of nitrogens with zero attached hydrogens (tertiary/aromatic N) is 1. The zero-order valence-corrected chi connectivity index (χ0v) is 15.9. The standard InChI is InChI=1S/C23H26NO3/c1-24(2)15-8-7-13-20(24)21(14-15)27-22(25)23(26)18-11-5-3-9-16(18)17-10-4-6-12-19(17)23/h3-6,9-12,15,20-21,26H,7-8,13-14H2,1-2H3/q+1/t15?,20-,21?/m1/s1. The smallest absolute Gasteiger partial charge is 0.348 e.